The lowest BCUT2D eigenvalue weighted by Gasteiger charge is -2.03. The van der Waals surface area contributed by atoms with Gasteiger partial charge in [0.15, 0.2) is 0 Å². The van der Waals surface area contributed by atoms with E-state index in [2.05, 4.69) is 10.2 Å². The zero-order valence-electron chi connectivity index (χ0n) is 12.6. The van der Waals surface area contributed by atoms with Crippen LogP contribution in [0.25, 0.3) is 10.8 Å². The van der Waals surface area contributed by atoms with Crippen molar-refractivity contribution in [3.8, 4) is 11.5 Å². The average molecular weight is 294 g/mol. The Morgan fingerprint density at radius 2 is 1.36 bits per heavy atom. The third-order valence-electron chi connectivity index (χ3n) is 3.02. The van der Waals surface area contributed by atoms with Crippen LogP contribution in [-0.4, -0.2) is 10.2 Å². The molecule has 0 radical (unpaired) electrons. The molecule has 3 aromatic rings. The number of azo groups is 1. The monoisotopic (exact) mass is 294 g/mol. The summed E-state index contributed by atoms with van der Waals surface area (Å²) < 4.78 is 0. The molecule has 22 heavy (non-hydrogen) atoms. The van der Waals surface area contributed by atoms with Gasteiger partial charge in [0.1, 0.15) is 22.9 Å². The molecule has 4 heteroatoms. The van der Waals surface area contributed by atoms with Crippen molar-refractivity contribution in [1.82, 2.24) is 0 Å². The van der Waals surface area contributed by atoms with Crippen molar-refractivity contribution in [2.24, 2.45) is 10.2 Å². The highest BCUT2D eigenvalue weighted by Crippen LogP contribution is 2.36. The predicted octanol–water partition coefficient (Wildman–Crippen LogP) is 5.69. The van der Waals surface area contributed by atoms with Crippen LogP contribution < -0.4 is 0 Å². The van der Waals surface area contributed by atoms with Gasteiger partial charge in [-0.2, -0.15) is 0 Å². The quantitative estimate of drug-likeness (QED) is 0.596. The summed E-state index contributed by atoms with van der Waals surface area (Å²) in [5.41, 5.74) is 0.756. The van der Waals surface area contributed by atoms with Crippen LogP contribution in [-0.2, 0) is 0 Å². The average Bonchev–Trinajstić information content (AvgIpc) is 2.57. The van der Waals surface area contributed by atoms with Crippen molar-refractivity contribution in [2.45, 2.75) is 13.8 Å². The van der Waals surface area contributed by atoms with Crippen molar-refractivity contribution in [3.05, 3.63) is 60.7 Å². The van der Waals surface area contributed by atoms with Crippen molar-refractivity contribution >= 4 is 22.1 Å². The maximum Gasteiger partial charge on any atom is 0.143 e. The van der Waals surface area contributed by atoms with Gasteiger partial charge < -0.3 is 10.2 Å². The lowest BCUT2D eigenvalue weighted by molar-refractivity contribution is 0.474. The standard InChI is InChI=1S/C16H12N2O2.C2H6/c19-14-8-4-3-7-13(14)17-18-16-12-6-2-1-5-11(12)9-10-15(16)20;1-2/h1-10,19-20H;1-2H3. The zero-order valence-corrected chi connectivity index (χ0v) is 12.6. The number of aromatic hydroxyl groups is 2. The number of fused-ring (bicyclic) bond motifs is 1. The fourth-order valence-electron chi connectivity index (χ4n) is 2.00. The number of hydrogen-bond acceptors (Lipinski definition) is 4. The fourth-order valence-corrected chi connectivity index (χ4v) is 2.00. The van der Waals surface area contributed by atoms with Gasteiger partial charge in [-0.25, -0.2) is 0 Å². The molecule has 0 saturated heterocycles. The van der Waals surface area contributed by atoms with Crippen molar-refractivity contribution in [1.29, 1.82) is 0 Å². The summed E-state index contributed by atoms with van der Waals surface area (Å²) in [6, 6.07) is 17.7. The molecule has 0 aromatic heterocycles. The van der Waals surface area contributed by atoms with E-state index < -0.39 is 0 Å². The van der Waals surface area contributed by atoms with E-state index in [1.807, 2.05) is 44.2 Å². The molecule has 3 aromatic carbocycles. The van der Waals surface area contributed by atoms with Gasteiger partial charge in [-0.15, -0.1) is 10.2 Å². The van der Waals surface area contributed by atoms with Crippen LogP contribution in [0.1, 0.15) is 13.8 Å². The van der Waals surface area contributed by atoms with Gasteiger partial charge >= 0.3 is 0 Å². The molecule has 0 heterocycles. The van der Waals surface area contributed by atoms with Gasteiger partial charge in [0.05, 0.1) is 0 Å². The fraction of sp³-hybridized carbons (Fsp3) is 0.111. The van der Waals surface area contributed by atoms with E-state index in [1.165, 1.54) is 6.07 Å². The van der Waals surface area contributed by atoms with Crippen molar-refractivity contribution in [2.75, 3.05) is 0 Å². The van der Waals surface area contributed by atoms with Crippen LogP contribution in [0, 0.1) is 0 Å². The first-order valence-electron chi connectivity index (χ1n) is 7.16. The molecule has 2 N–H and O–H groups in total. The molecule has 0 spiro atoms. The maximum absolute atomic E-state index is 9.94. The summed E-state index contributed by atoms with van der Waals surface area (Å²) in [6.07, 6.45) is 0. The van der Waals surface area contributed by atoms with Crippen LogP contribution in [0.4, 0.5) is 11.4 Å². The van der Waals surface area contributed by atoms with Crippen LogP contribution in [0.5, 0.6) is 11.5 Å². The predicted molar refractivity (Wildman–Crippen MR) is 89.2 cm³/mol. The second kappa shape index (κ2) is 7.22. The number of rotatable bonds is 2. The number of para-hydroxylation sites is 1. The zero-order chi connectivity index (χ0) is 15.9. The van der Waals surface area contributed by atoms with E-state index in [0.29, 0.717) is 11.4 Å². The molecule has 0 aliphatic rings. The van der Waals surface area contributed by atoms with Crippen LogP contribution in [0.15, 0.2) is 70.9 Å². The Kier molecular flexibility index (Phi) is 5.09. The number of phenolic OH excluding ortho intramolecular Hbond substituents is 2. The highest BCUT2D eigenvalue weighted by atomic mass is 16.3. The molecule has 0 aliphatic carbocycles. The smallest absolute Gasteiger partial charge is 0.143 e. The Labute approximate surface area is 129 Å². The summed E-state index contributed by atoms with van der Waals surface area (Å²) >= 11 is 0. The molecule has 0 saturated carbocycles. The minimum atomic E-state index is 0.0518. The first-order chi connectivity index (χ1) is 10.8. The summed E-state index contributed by atoms with van der Waals surface area (Å²) in [6.45, 7) is 4.00. The van der Waals surface area contributed by atoms with Crippen LogP contribution >= 0.6 is 0 Å². The van der Waals surface area contributed by atoms with E-state index in [0.717, 1.165) is 10.8 Å². The number of benzene rings is 3. The molecule has 3 rings (SSSR count). The lowest BCUT2D eigenvalue weighted by atomic mass is 10.1. The molecule has 0 fully saturated rings. The number of nitrogens with zero attached hydrogens (tertiary/aromatic N) is 2. The van der Waals surface area contributed by atoms with E-state index in [4.69, 9.17) is 0 Å². The molecular weight excluding hydrogens is 276 g/mol. The molecule has 4 nitrogen and oxygen atoms in total. The highest BCUT2D eigenvalue weighted by molar-refractivity contribution is 5.95. The molecule has 0 bridgehead atoms. The van der Waals surface area contributed by atoms with E-state index in [-0.39, 0.29) is 11.5 Å². The van der Waals surface area contributed by atoms with Gasteiger partial charge in [0, 0.05) is 5.39 Å². The van der Waals surface area contributed by atoms with Gasteiger partial charge in [-0.1, -0.05) is 56.3 Å². The Hall–Kier alpha value is -2.88. The third kappa shape index (κ3) is 3.23. The highest BCUT2D eigenvalue weighted by Gasteiger charge is 2.06. The Bertz CT molecular complexity index is 798. The number of hydrogen-bond donors (Lipinski definition) is 2. The van der Waals surface area contributed by atoms with Gasteiger partial charge in [0.25, 0.3) is 0 Å². The Balaban J connectivity index is 0.000000847. The first-order valence-corrected chi connectivity index (χ1v) is 7.16. The van der Waals surface area contributed by atoms with Gasteiger partial charge in [0.2, 0.25) is 0 Å². The third-order valence-corrected chi connectivity index (χ3v) is 3.02. The summed E-state index contributed by atoms with van der Waals surface area (Å²) in [4.78, 5) is 0. The largest absolute Gasteiger partial charge is 0.506 e. The summed E-state index contributed by atoms with van der Waals surface area (Å²) in [7, 11) is 0. The first kappa shape index (κ1) is 15.5. The second-order valence-electron chi connectivity index (χ2n) is 4.34. The van der Waals surface area contributed by atoms with Gasteiger partial charge in [-0.05, 0) is 23.6 Å². The van der Waals surface area contributed by atoms with Crippen LogP contribution in [0.2, 0.25) is 0 Å². The molecule has 0 aliphatic heterocycles. The normalized spacial score (nSPS) is 10.5. The van der Waals surface area contributed by atoms with E-state index in [1.54, 1.807) is 24.3 Å². The minimum absolute atomic E-state index is 0.0518. The SMILES string of the molecule is CC.Oc1ccccc1N=Nc1c(O)ccc2ccccc12. The summed E-state index contributed by atoms with van der Waals surface area (Å²) in [5, 5.41) is 29.5. The molecule has 0 unspecified atom stereocenters. The summed E-state index contributed by atoms with van der Waals surface area (Å²) in [5.74, 6) is 0.110. The Morgan fingerprint density at radius 1 is 0.682 bits per heavy atom. The lowest BCUT2D eigenvalue weighted by Crippen LogP contribution is -1.74. The topological polar surface area (TPSA) is 65.2 Å². The minimum Gasteiger partial charge on any atom is -0.506 e. The molecule has 0 atom stereocenters. The molecule has 0 amide bonds. The van der Waals surface area contributed by atoms with E-state index >= 15 is 0 Å². The number of phenols is 2. The van der Waals surface area contributed by atoms with Crippen molar-refractivity contribution in [3.63, 3.8) is 0 Å². The van der Waals surface area contributed by atoms with E-state index in [9.17, 15) is 10.2 Å². The second-order valence-corrected chi connectivity index (χ2v) is 4.34. The molecular formula is C18H18N2O2. The Morgan fingerprint density at radius 3 is 2.14 bits per heavy atom. The van der Waals surface area contributed by atoms with Crippen LogP contribution in [0.3, 0.4) is 0 Å². The molecule has 112 valence electrons. The van der Waals surface area contributed by atoms with Crippen molar-refractivity contribution < 1.29 is 10.2 Å². The maximum atomic E-state index is 9.94. The van der Waals surface area contributed by atoms with Gasteiger partial charge in [-0.3, -0.25) is 0 Å².